The third kappa shape index (κ3) is 2.52. The van der Waals surface area contributed by atoms with E-state index in [0.717, 1.165) is 32.5 Å². The maximum atomic E-state index is 11.6. The summed E-state index contributed by atoms with van der Waals surface area (Å²) in [6, 6.07) is 0. The summed E-state index contributed by atoms with van der Waals surface area (Å²) in [6.45, 7) is 3.12. The SMILES string of the molecule is O=C(O)C1CC(=O)N(CC2CCCNC2)C1. The van der Waals surface area contributed by atoms with Crippen LogP contribution >= 0.6 is 0 Å². The van der Waals surface area contributed by atoms with E-state index in [2.05, 4.69) is 5.32 Å². The fourth-order valence-corrected chi connectivity index (χ4v) is 2.51. The van der Waals surface area contributed by atoms with Crippen molar-refractivity contribution in [2.45, 2.75) is 19.3 Å². The number of nitrogens with one attached hydrogen (secondary N) is 1. The van der Waals surface area contributed by atoms with Gasteiger partial charge in [0.05, 0.1) is 5.92 Å². The quantitative estimate of drug-likeness (QED) is 0.706. The number of nitrogens with zero attached hydrogens (tertiary/aromatic N) is 1. The highest BCUT2D eigenvalue weighted by Gasteiger charge is 2.35. The third-order valence-corrected chi connectivity index (χ3v) is 3.44. The van der Waals surface area contributed by atoms with Crippen molar-refractivity contribution in [1.82, 2.24) is 10.2 Å². The molecule has 2 heterocycles. The molecule has 2 fully saturated rings. The molecule has 5 heteroatoms. The molecule has 2 rings (SSSR count). The summed E-state index contributed by atoms with van der Waals surface area (Å²) < 4.78 is 0. The number of hydrogen-bond acceptors (Lipinski definition) is 3. The van der Waals surface area contributed by atoms with Crippen molar-refractivity contribution >= 4 is 11.9 Å². The molecule has 0 aromatic heterocycles. The van der Waals surface area contributed by atoms with Crippen LogP contribution in [0.15, 0.2) is 0 Å². The van der Waals surface area contributed by atoms with E-state index in [1.807, 2.05) is 0 Å². The highest BCUT2D eigenvalue weighted by molar-refractivity contribution is 5.86. The Labute approximate surface area is 94.8 Å². The van der Waals surface area contributed by atoms with Gasteiger partial charge in [0.1, 0.15) is 0 Å². The Balaban J connectivity index is 1.85. The number of piperidine rings is 1. The lowest BCUT2D eigenvalue weighted by Crippen LogP contribution is -2.39. The van der Waals surface area contributed by atoms with Gasteiger partial charge in [0.25, 0.3) is 0 Å². The highest BCUT2D eigenvalue weighted by Crippen LogP contribution is 2.21. The second kappa shape index (κ2) is 4.82. The van der Waals surface area contributed by atoms with Gasteiger partial charge in [-0.25, -0.2) is 0 Å². The molecule has 90 valence electrons. The largest absolute Gasteiger partial charge is 0.481 e. The maximum Gasteiger partial charge on any atom is 0.308 e. The van der Waals surface area contributed by atoms with Crippen LogP contribution in [0.2, 0.25) is 0 Å². The fraction of sp³-hybridized carbons (Fsp3) is 0.818. The molecular formula is C11H18N2O3. The van der Waals surface area contributed by atoms with Gasteiger partial charge in [0, 0.05) is 19.5 Å². The van der Waals surface area contributed by atoms with E-state index in [1.54, 1.807) is 4.90 Å². The molecule has 16 heavy (non-hydrogen) atoms. The van der Waals surface area contributed by atoms with E-state index >= 15 is 0 Å². The maximum absolute atomic E-state index is 11.6. The second-order valence-corrected chi connectivity index (χ2v) is 4.75. The van der Waals surface area contributed by atoms with E-state index < -0.39 is 11.9 Å². The zero-order valence-corrected chi connectivity index (χ0v) is 9.32. The van der Waals surface area contributed by atoms with Crippen molar-refractivity contribution in [3.8, 4) is 0 Å². The van der Waals surface area contributed by atoms with Gasteiger partial charge in [0.2, 0.25) is 5.91 Å². The number of carboxylic acids is 1. The van der Waals surface area contributed by atoms with Crippen LogP contribution in [-0.2, 0) is 9.59 Å². The monoisotopic (exact) mass is 226 g/mol. The van der Waals surface area contributed by atoms with Crippen molar-refractivity contribution in [3.63, 3.8) is 0 Å². The highest BCUT2D eigenvalue weighted by atomic mass is 16.4. The van der Waals surface area contributed by atoms with Crippen LogP contribution in [0, 0.1) is 11.8 Å². The summed E-state index contributed by atoms with van der Waals surface area (Å²) in [4.78, 5) is 24.1. The summed E-state index contributed by atoms with van der Waals surface area (Å²) in [6.07, 6.45) is 2.46. The van der Waals surface area contributed by atoms with E-state index in [4.69, 9.17) is 5.11 Å². The normalized spacial score (nSPS) is 30.8. The lowest BCUT2D eigenvalue weighted by atomic mass is 9.99. The number of hydrogen-bond donors (Lipinski definition) is 2. The van der Waals surface area contributed by atoms with Gasteiger partial charge in [-0.1, -0.05) is 0 Å². The van der Waals surface area contributed by atoms with Gasteiger partial charge in [-0.15, -0.1) is 0 Å². The third-order valence-electron chi connectivity index (χ3n) is 3.44. The lowest BCUT2D eigenvalue weighted by molar-refractivity contribution is -0.141. The van der Waals surface area contributed by atoms with Crippen LogP contribution in [0.4, 0.5) is 0 Å². The van der Waals surface area contributed by atoms with Gasteiger partial charge in [-0.05, 0) is 31.8 Å². The second-order valence-electron chi connectivity index (χ2n) is 4.75. The van der Waals surface area contributed by atoms with E-state index in [9.17, 15) is 9.59 Å². The Hall–Kier alpha value is -1.10. The molecule has 1 amide bonds. The number of carbonyl (C=O) groups is 2. The van der Waals surface area contributed by atoms with Gasteiger partial charge in [0.15, 0.2) is 0 Å². The molecule has 5 nitrogen and oxygen atoms in total. The van der Waals surface area contributed by atoms with E-state index in [1.165, 1.54) is 0 Å². The molecule has 0 bridgehead atoms. The Morgan fingerprint density at radius 1 is 1.56 bits per heavy atom. The van der Waals surface area contributed by atoms with Crippen LogP contribution < -0.4 is 5.32 Å². The minimum absolute atomic E-state index is 0.00188. The predicted molar refractivity (Wildman–Crippen MR) is 57.9 cm³/mol. The van der Waals surface area contributed by atoms with Crippen LogP contribution in [0.3, 0.4) is 0 Å². The molecule has 2 atom stereocenters. The molecular weight excluding hydrogens is 208 g/mol. The summed E-state index contributed by atoms with van der Waals surface area (Å²) in [5.74, 6) is -0.857. The average Bonchev–Trinajstić information content (AvgIpc) is 2.62. The molecule has 0 radical (unpaired) electrons. The van der Waals surface area contributed by atoms with Crippen molar-refractivity contribution in [2.75, 3.05) is 26.2 Å². The lowest BCUT2D eigenvalue weighted by Gasteiger charge is -2.27. The molecule has 2 aliphatic heterocycles. The number of carbonyl (C=O) groups excluding carboxylic acids is 1. The molecule has 2 N–H and O–H groups in total. The molecule has 0 aliphatic carbocycles. The van der Waals surface area contributed by atoms with Crippen LogP contribution in [0.25, 0.3) is 0 Å². The topological polar surface area (TPSA) is 69.6 Å². The molecule has 2 aliphatic rings. The van der Waals surface area contributed by atoms with Crippen molar-refractivity contribution in [2.24, 2.45) is 11.8 Å². The van der Waals surface area contributed by atoms with Gasteiger partial charge in [-0.2, -0.15) is 0 Å². The first kappa shape index (κ1) is 11.4. The number of rotatable bonds is 3. The first-order chi connectivity index (χ1) is 7.66. The average molecular weight is 226 g/mol. The molecule has 0 aromatic carbocycles. The smallest absolute Gasteiger partial charge is 0.308 e. The van der Waals surface area contributed by atoms with Crippen molar-refractivity contribution < 1.29 is 14.7 Å². The summed E-state index contributed by atoms with van der Waals surface area (Å²) in [5, 5.41) is 12.2. The Kier molecular flexibility index (Phi) is 3.43. The standard InChI is InChI=1S/C11H18N2O3/c14-10-4-9(11(15)16)7-13(10)6-8-2-1-3-12-5-8/h8-9,12H,1-7H2,(H,15,16). The number of likely N-dealkylation sites (tertiary alicyclic amines) is 1. The first-order valence-electron chi connectivity index (χ1n) is 5.88. The van der Waals surface area contributed by atoms with E-state index in [-0.39, 0.29) is 12.3 Å². The number of aliphatic carboxylic acids is 1. The fourth-order valence-electron chi connectivity index (χ4n) is 2.51. The zero-order chi connectivity index (χ0) is 11.5. The van der Waals surface area contributed by atoms with Gasteiger partial charge < -0.3 is 15.3 Å². The first-order valence-corrected chi connectivity index (χ1v) is 5.88. The van der Waals surface area contributed by atoms with Crippen LogP contribution in [0.1, 0.15) is 19.3 Å². The zero-order valence-electron chi connectivity index (χ0n) is 9.32. The summed E-state index contributed by atoms with van der Waals surface area (Å²) in [7, 11) is 0. The molecule has 0 aromatic rings. The van der Waals surface area contributed by atoms with Gasteiger partial charge in [-0.3, -0.25) is 9.59 Å². The molecule has 0 saturated carbocycles. The van der Waals surface area contributed by atoms with Crippen molar-refractivity contribution in [3.05, 3.63) is 0 Å². The molecule has 2 unspecified atom stereocenters. The number of amides is 1. The summed E-state index contributed by atoms with van der Waals surface area (Å²) >= 11 is 0. The Morgan fingerprint density at radius 3 is 2.94 bits per heavy atom. The number of carboxylic acid groups (broad SMARTS) is 1. The predicted octanol–water partition coefficient (Wildman–Crippen LogP) is -0.0809. The van der Waals surface area contributed by atoms with Crippen LogP contribution in [-0.4, -0.2) is 48.1 Å². The minimum atomic E-state index is -0.849. The molecule has 0 spiro atoms. The Morgan fingerprint density at radius 2 is 2.38 bits per heavy atom. The minimum Gasteiger partial charge on any atom is -0.481 e. The Bertz CT molecular complexity index is 287. The van der Waals surface area contributed by atoms with Crippen molar-refractivity contribution in [1.29, 1.82) is 0 Å². The molecule has 2 saturated heterocycles. The van der Waals surface area contributed by atoms with Crippen LogP contribution in [0.5, 0.6) is 0 Å². The van der Waals surface area contributed by atoms with Gasteiger partial charge >= 0.3 is 5.97 Å². The van der Waals surface area contributed by atoms with E-state index in [0.29, 0.717) is 12.5 Å². The summed E-state index contributed by atoms with van der Waals surface area (Å²) in [5.41, 5.74) is 0.